The zero-order valence-electron chi connectivity index (χ0n) is 18.6. The van der Waals surface area contributed by atoms with E-state index in [1.54, 1.807) is 31.4 Å². The predicted octanol–water partition coefficient (Wildman–Crippen LogP) is 6.61. The summed E-state index contributed by atoms with van der Waals surface area (Å²) < 4.78 is 17.5. The molecule has 3 aromatic carbocycles. The second-order valence-corrected chi connectivity index (χ2v) is 8.47. The molecule has 0 amide bonds. The molecule has 1 unspecified atom stereocenters. The molecule has 0 spiro atoms. The Labute approximate surface area is 196 Å². The Kier molecular flexibility index (Phi) is 6.77. The Morgan fingerprint density at radius 3 is 2.42 bits per heavy atom. The van der Waals surface area contributed by atoms with Crippen LogP contribution in [0.2, 0.25) is 0 Å². The first kappa shape index (κ1) is 22.6. The van der Waals surface area contributed by atoms with Gasteiger partial charge in [-0.05, 0) is 54.5 Å². The van der Waals surface area contributed by atoms with Crippen LogP contribution in [0.3, 0.4) is 0 Å². The quantitative estimate of drug-likeness (QED) is 0.248. The van der Waals surface area contributed by atoms with E-state index in [9.17, 15) is 9.90 Å². The van der Waals surface area contributed by atoms with Gasteiger partial charge in [0.1, 0.15) is 11.5 Å². The Balaban J connectivity index is 1.77. The summed E-state index contributed by atoms with van der Waals surface area (Å²) in [4.78, 5) is 12.3. The number of carbonyl (C=O) groups excluding carboxylic acids is 1. The number of fused-ring (bicyclic) bond motifs is 1. The van der Waals surface area contributed by atoms with Crippen LogP contribution in [0, 0.1) is 0 Å². The summed E-state index contributed by atoms with van der Waals surface area (Å²) in [5.74, 6) is 1.75. The van der Waals surface area contributed by atoms with E-state index in [0.717, 1.165) is 43.2 Å². The molecule has 0 fully saturated rings. The van der Waals surface area contributed by atoms with Gasteiger partial charge in [0.25, 0.3) is 0 Å². The van der Waals surface area contributed by atoms with E-state index in [-0.39, 0.29) is 0 Å². The van der Waals surface area contributed by atoms with E-state index in [2.05, 4.69) is 4.74 Å². The molecule has 0 radical (unpaired) electrons. The predicted molar refractivity (Wildman–Crippen MR) is 132 cm³/mol. The minimum absolute atomic E-state index is 0.406. The van der Waals surface area contributed by atoms with Gasteiger partial charge in [0.2, 0.25) is 0 Å². The van der Waals surface area contributed by atoms with E-state index in [0.29, 0.717) is 5.75 Å². The van der Waals surface area contributed by atoms with Crippen molar-refractivity contribution < 1.29 is 24.1 Å². The standard InChI is InChI=1S/C27H24O5S/c1-17(28)21-6-4-5-7-22(21)27-26(23-14-13-20(30-2)16-24(23)33-27)32-19-11-8-18(9-12-19)10-15-25(29)31-3/h4-17,28H,1-3H3. The molecule has 0 saturated carbocycles. The number of hydrogen-bond acceptors (Lipinski definition) is 6. The molecule has 1 atom stereocenters. The van der Waals surface area contributed by atoms with E-state index < -0.39 is 12.1 Å². The van der Waals surface area contributed by atoms with Crippen molar-refractivity contribution >= 4 is 33.5 Å². The average molecular weight is 461 g/mol. The Morgan fingerprint density at radius 1 is 1.00 bits per heavy atom. The van der Waals surface area contributed by atoms with Crippen molar-refractivity contribution in [3.8, 4) is 27.7 Å². The van der Waals surface area contributed by atoms with Crippen molar-refractivity contribution in [1.82, 2.24) is 0 Å². The van der Waals surface area contributed by atoms with Crippen molar-refractivity contribution in [3.05, 3.63) is 83.9 Å². The van der Waals surface area contributed by atoms with Gasteiger partial charge in [0.15, 0.2) is 5.75 Å². The number of rotatable bonds is 7. The monoisotopic (exact) mass is 460 g/mol. The highest BCUT2D eigenvalue weighted by atomic mass is 32.1. The van der Waals surface area contributed by atoms with Crippen molar-refractivity contribution in [3.63, 3.8) is 0 Å². The minimum Gasteiger partial charge on any atom is -0.497 e. The highest BCUT2D eigenvalue weighted by Crippen LogP contribution is 2.48. The van der Waals surface area contributed by atoms with Gasteiger partial charge in [-0.3, -0.25) is 0 Å². The summed E-state index contributed by atoms with van der Waals surface area (Å²) in [6.45, 7) is 1.76. The first-order valence-electron chi connectivity index (χ1n) is 10.4. The van der Waals surface area contributed by atoms with Crippen molar-refractivity contribution in [2.24, 2.45) is 0 Å². The van der Waals surface area contributed by atoms with Gasteiger partial charge in [0, 0.05) is 21.7 Å². The van der Waals surface area contributed by atoms with Gasteiger partial charge in [0.05, 0.1) is 25.2 Å². The number of esters is 1. The van der Waals surface area contributed by atoms with Gasteiger partial charge in [-0.25, -0.2) is 4.79 Å². The highest BCUT2D eigenvalue weighted by molar-refractivity contribution is 7.22. The molecule has 1 aromatic heterocycles. The maximum absolute atomic E-state index is 11.3. The highest BCUT2D eigenvalue weighted by Gasteiger charge is 2.20. The van der Waals surface area contributed by atoms with Crippen LogP contribution in [0.15, 0.2) is 72.8 Å². The third kappa shape index (κ3) is 4.92. The molecule has 5 nitrogen and oxygen atoms in total. The molecular formula is C27H24O5S. The molecule has 4 rings (SSSR count). The molecule has 0 aliphatic heterocycles. The molecule has 0 aliphatic carbocycles. The molecule has 1 N–H and O–H groups in total. The van der Waals surface area contributed by atoms with Gasteiger partial charge in [-0.1, -0.05) is 36.4 Å². The first-order valence-corrected chi connectivity index (χ1v) is 11.2. The minimum atomic E-state index is -0.616. The van der Waals surface area contributed by atoms with Crippen molar-refractivity contribution in [2.75, 3.05) is 14.2 Å². The SMILES string of the molecule is COC(=O)C=Cc1ccc(Oc2c(-c3ccccc3C(C)O)sc3cc(OC)ccc23)cc1. The lowest BCUT2D eigenvalue weighted by Gasteiger charge is -2.13. The number of benzene rings is 3. The van der Waals surface area contributed by atoms with Crippen LogP contribution in [0.5, 0.6) is 17.2 Å². The van der Waals surface area contributed by atoms with Crippen LogP contribution in [0.25, 0.3) is 26.6 Å². The fraction of sp³-hybridized carbons (Fsp3) is 0.148. The number of hydrogen-bond donors (Lipinski definition) is 1. The second-order valence-electron chi connectivity index (χ2n) is 7.41. The summed E-state index contributed by atoms with van der Waals surface area (Å²) in [5, 5.41) is 11.3. The Morgan fingerprint density at radius 2 is 1.73 bits per heavy atom. The lowest BCUT2D eigenvalue weighted by Crippen LogP contribution is -1.95. The normalized spacial score (nSPS) is 12.1. The number of aliphatic hydroxyl groups is 1. The fourth-order valence-electron chi connectivity index (χ4n) is 3.52. The number of methoxy groups -OCH3 is 2. The molecule has 0 aliphatic rings. The zero-order valence-corrected chi connectivity index (χ0v) is 19.4. The van der Waals surface area contributed by atoms with E-state index in [1.807, 2.05) is 66.7 Å². The number of ether oxygens (including phenoxy) is 3. The summed E-state index contributed by atoms with van der Waals surface area (Å²) in [5.41, 5.74) is 2.62. The van der Waals surface area contributed by atoms with Crippen molar-refractivity contribution in [1.29, 1.82) is 0 Å². The van der Waals surface area contributed by atoms with Crippen LogP contribution >= 0.6 is 11.3 Å². The van der Waals surface area contributed by atoms with Gasteiger partial charge >= 0.3 is 5.97 Å². The van der Waals surface area contributed by atoms with Crippen LogP contribution in [0.4, 0.5) is 0 Å². The zero-order chi connectivity index (χ0) is 23.4. The number of thiophene rings is 1. The Bertz CT molecular complexity index is 1300. The lowest BCUT2D eigenvalue weighted by atomic mass is 10.0. The van der Waals surface area contributed by atoms with Crippen LogP contribution in [0.1, 0.15) is 24.2 Å². The van der Waals surface area contributed by atoms with Crippen LogP contribution in [-0.4, -0.2) is 25.3 Å². The summed E-state index contributed by atoms with van der Waals surface area (Å²) in [6.07, 6.45) is 2.45. The van der Waals surface area contributed by atoms with Crippen LogP contribution < -0.4 is 9.47 Å². The maximum atomic E-state index is 11.3. The third-order valence-electron chi connectivity index (χ3n) is 5.22. The van der Waals surface area contributed by atoms with Gasteiger partial charge in [-0.15, -0.1) is 11.3 Å². The fourth-order valence-corrected chi connectivity index (χ4v) is 4.73. The largest absolute Gasteiger partial charge is 0.497 e. The summed E-state index contributed by atoms with van der Waals surface area (Å²) >= 11 is 1.60. The first-order chi connectivity index (χ1) is 16.0. The topological polar surface area (TPSA) is 65.0 Å². The van der Waals surface area contributed by atoms with E-state index >= 15 is 0 Å². The molecule has 1 heterocycles. The molecule has 0 saturated heterocycles. The van der Waals surface area contributed by atoms with E-state index in [4.69, 9.17) is 9.47 Å². The average Bonchev–Trinajstić information content (AvgIpc) is 3.20. The smallest absolute Gasteiger partial charge is 0.330 e. The molecule has 168 valence electrons. The summed E-state index contributed by atoms with van der Waals surface area (Å²) in [7, 11) is 2.99. The van der Waals surface area contributed by atoms with Gasteiger partial charge < -0.3 is 19.3 Å². The molecular weight excluding hydrogens is 436 g/mol. The Hall–Kier alpha value is -3.61. The van der Waals surface area contributed by atoms with Crippen molar-refractivity contribution in [2.45, 2.75) is 13.0 Å². The molecule has 0 bridgehead atoms. The lowest BCUT2D eigenvalue weighted by molar-refractivity contribution is -0.134. The third-order valence-corrected chi connectivity index (χ3v) is 6.39. The van der Waals surface area contributed by atoms with Gasteiger partial charge in [-0.2, -0.15) is 0 Å². The number of aliphatic hydroxyl groups excluding tert-OH is 1. The molecule has 4 aromatic rings. The van der Waals surface area contributed by atoms with Crippen LogP contribution in [-0.2, 0) is 9.53 Å². The number of carbonyl (C=O) groups is 1. The maximum Gasteiger partial charge on any atom is 0.330 e. The molecule has 6 heteroatoms. The summed E-state index contributed by atoms with van der Waals surface area (Å²) in [6, 6.07) is 21.1. The van der Waals surface area contributed by atoms with E-state index in [1.165, 1.54) is 13.2 Å². The molecule has 33 heavy (non-hydrogen) atoms. The second kappa shape index (κ2) is 9.90.